The molecular formula is C14H23NO4. The maximum Gasteiger partial charge on any atom is 0.307 e. The van der Waals surface area contributed by atoms with E-state index in [1.54, 1.807) is 4.90 Å². The largest absolute Gasteiger partial charge is 0.481 e. The lowest BCUT2D eigenvalue weighted by Crippen LogP contribution is -2.49. The van der Waals surface area contributed by atoms with Gasteiger partial charge in [-0.2, -0.15) is 0 Å². The predicted molar refractivity (Wildman–Crippen MR) is 69.5 cm³/mol. The number of piperidine rings is 1. The number of aliphatic hydroxyl groups excluding tert-OH is 1. The van der Waals surface area contributed by atoms with Crippen LogP contribution in [0.2, 0.25) is 0 Å². The molecule has 0 bridgehead atoms. The number of carbonyl (C=O) groups excluding carboxylic acids is 1. The van der Waals surface area contributed by atoms with E-state index in [4.69, 9.17) is 0 Å². The van der Waals surface area contributed by atoms with Crippen LogP contribution in [0.4, 0.5) is 0 Å². The summed E-state index contributed by atoms with van der Waals surface area (Å²) in [6, 6.07) is -0.119. The molecule has 5 heteroatoms. The highest BCUT2D eigenvalue weighted by atomic mass is 16.4. The molecule has 0 aromatic carbocycles. The Kier molecular flexibility index (Phi) is 4.45. The summed E-state index contributed by atoms with van der Waals surface area (Å²) in [4.78, 5) is 25.6. The van der Waals surface area contributed by atoms with Crippen LogP contribution in [-0.4, -0.2) is 46.2 Å². The van der Waals surface area contributed by atoms with Gasteiger partial charge in [-0.25, -0.2) is 0 Å². The highest BCUT2D eigenvalue weighted by Gasteiger charge is 2.44. The SMILES string of the molecule is CC1CC(C(=O)O)C(C(=O)N2CCCCC2CO)C1. The average molecular weight is 269 g/mol. The number of aliphatic carboxylic acids is 1. The van der Waals surface area contributed by atoms with E-state index < -0.39 is 17.8 Å². The number of carboxylic acid groups (broad SMARTS) is 1. The van der Waals surface area contributed by atoms with Crippen molar-refractivity contribution in [3.05, 3.63) is 0 Å². The van der Waals surface area contributed by atoms with Crippen molar-refractivity contribution in [2.24, 2.45) is 17.8 Å². The quantitative estimate of drug-likeness (QED) is 0.804. The van der Waals surface area contributed by atoms with E-state index >= 15 is 0 Å². The number of nitrogens with zero attached hydrogens (tertiary/aromatic N) is 1. The Balaban J connectivity index is 2.11. The van der Waals surface area contributed by atoms with E-state index in [1.807, 2.05) is 6.92 Å². The van der Waals surface area contributed by atoms with Crippen LogP contribution < -0.4 is 0 Å². The van der Waals surface area contributed by atoms with E-state index in [1.165, 1.54) is 0 Å². The molecule has 1 amide bonds. The van der Waals surface area contributed by atoms with Crippen LogP contribution in [0.3, 0.4) is 0 Å². The number of likely N-dealkylation sites (tertiary alicyclic amines) is 1. The number of hydrogen-bond donors (Lipinski definition) is 2. The van der Waals surface area contributed by atoms with Crippen LogP contribution in [0.15, 0.2) is 0 Å². The summed E-state index contributed by atoms with van der Waals surface area (Å²) in [5.41, 5.74) is 0. The summed E-state index contributed by atoms with van der Waals surface area (Å²) >= 11 is 0. The summed E-state index contributed by atoms with van der Waals surface area (Å²) in [6.45, 7) is 2.63. The summed E-state index contributed by atoms with van der Waals surface area (Å²) < 4.78 is 0. The fraction of sp³-hybridized carbons (Fsp3) is 0.857. The van der Waals surface area contributed by atoms with Crippen LogP contribution in [0.25, 0.3) is 0 Å². The van der Waals surface area contributed by atoms with Crippen molar-refractivity contribution in [2.75, 3.05) is 13.2 Å². The van der Waals surface area contributed by atoms with Crippen LogP contribution in [0, 0.1) is 17.8 Å². The molecule has 5 nitrogen and oxygen atoms in total. The summed E-state index contributed by atoms with van der Waals surface area (Å²) in [5.74, 6) is -1.59. The Bertz CT molecular complexity index is 357. The monoisotopic (exact) mass is 269 g/mol. The maximum absolute atomic E-state index is 12.6. The topological polar surface area (TPSA) is 77.8 Å². The van der Waals surface area contributed by atoms with Gasteiger partial charge in [0.15, 0.2) is 0 Å². The molecule has 0 radical (unpaired) electrons. The lowest BCUT2D eigenvalue weighted by atomic mass is 9.92. The fourth-order valence-electron chi connectivity index (χ4n) is 3.53. The molecule has 1 heterocycles. The first-order valence-electron chi connectivity index (χ1n) is 7.18. The van der Waals surface area contributed by atoms with Gasteiger partial charge in [-0.3, -0.25) is 9.59 Å². The second-order valence-electron chi connectivity index (χ2n) is 5.99. The van der Waals surface area contributed by atoms with Gasteiger partial charge in [-0.15, -0.1) is 0 Å². The molecule has 1 aliphatic carbocycles. The lowest BCUT2D eigenvalue weighted by Gasteiger charge is -2.37. The number of carbonyl (C=O) groups is 2. The molecule has 19 heavy (non-hydrogen) atoms. The van der Waals surface area contributed by atoms with E-state index in [9.17, 15) is 19.8 Å². The van der Waals surface area contributed by atoms with E-state index in [0.717, 1.165) is 19.3 Å². The van der Waals surface area contributed by atoms with E-state index in [2.05, 4.69) is 0 Å². The van der Waals surface area contributed by atoms with Gasteiger partial charge in [0.1, 0.15) is 0 Å². The molecule has 1 saturated carbocycles. The minimum absolute atomic E-state index is 0.0221. The van der Waals surface area contributed by atoms with Crippen molar-refractivity contribution in [1.29, 1.82) is 0 Å². The minimum atomic E-state index is -0.861. The van der Waals surface area contributed by atoms with Crippen molar-refractivity contribution in [1.82, 2.24) is 4.90 Å². The van der Waals surface area contributed by atoms with Crippen molar-refractivity contribution in [2.45, 2.75) is 45.1 Å². The lowest BCUT2D eigenvalue weighted by molar-refractivity contribution is -0.151. The van der Waals surface area contributed by atoms with Crippen LogP contribution in [-0.2, 0) is 9.59 Å². The summed E-state index contributed by atoms with van der Waals surface area (Å²) in [7, 11) is 0. The van der Waals surface area contributed by atoms with E-state index in [0.29, 0.717) is 19.4 Å². The molecule has 0 spiro atoms. The second-order valence-corrected chi connectivity index (χ2v) is 5.99. The number of aliphatic hydroxyl groups is 1. The number of hydrogen-bond acceptors (Lipinski definition) is 3. The molecule has 2 N–H and O–H groups in total. The fourth-order valence-corrected chi connectivity index (χ4v) is 3.53. The Morgan fingerprint density at radius 2 is 1.89 bits per heavy atom. The minimum Gasteiger partial charge on any atom is -0.481 e. The van der Waals surface area contributed by atoms with Gasteiger partial charge in [-0.05, 0) is 38.0 Å². The first-order valence-corrected chi connectivity index (χ1v) is 7.18. The van der Waals surface area contributed by atoms with Gasteiger partial charge >= 0.3 is 5.97 Å². The zero-order valence-corrected chi connectivity index (χ0v) is 11.4. The Hall–Kier alpha value is -1.10. The molecular weight excluding hydrogens is 246 g/mol. The number of carboxylic acids is 1. The first-order chi connectivity index (χ1) is 9.04. The molecule has 4 unspecified atom stereocenters. The Labute approximate surface area is 113 Å². The normalized spacial score (nSPS) is 35.4. The zero-order valence-electron chi connectivity index (χ0n) is 11.4. The second kappa shape index (κ2) is 5.90. The highest BCUT2D eigenvalue weighted by Crippen LogP contribution is 2.38. The Morgan fingerprint density at radius 1 is 1.21 bits per heavy atom. The summed E-state index contributed by atoms with van der Waals surface area (Å²) in [5, 5.41) is 18.6. The van der Waals surface area contributed by atoms with Crippen LogP contribution >= 0.6 is 0 Å². The smallest absolute Gasteiger partial charge is 0.307 e. The molecule has 108 valence electrons. The van der Waals surface area contributed by atoms with Crippen molar-refractivity contribution >= 4 is 11.9 Å². The average Bonchev–Trinajstić information content (AvgIpc) is 2.80. The molecule has 2 rings (SSSR count). The molecule has 2 fully saturated rings. The number of amides is 1. The van der Waals surface area contributed by atoms with Gasteiger partial charge in [-0.1, -0.05) is 6.92 Å². The standard InChI is InChI=1S/C14H23NO4/c1-9-6-11(12(7-9)14(18)19)13(17)15-5-3-2-4-10(15)8-16/h9-12,16H,2-8H2,1H3,(H,18,19). The Morgan fingerprint density at radius 3 is 2.53 bits per heavy atom. The van der Waals surface area contributed by atoms with Gasteiger partial charge in [0.2, 0.25) is 5.91 Å². The van der Waals surface area contributed by atoms with Gasteiger partial charge in [0.25, 0.3) is 0 Å². The highest BCUT2D eigenvalue weighted by molar-refractivity contribution is 5.85. The third-order valence-electron chi connectivity index (χ3n) is 4.55. The van der Waals surface area contributed by atoms with Crippen molar-refractivity contribution in [3.8, 4) is 0 Å². The van der Waals surface area contributed by atoms with Gasteiger partial charge in [0, 0.05) is 6.54 Å². The summed E-state index contributed by atoms with van der Waals surface area (Å²) in [6.07, 6.45) is 4.04. The van der Waals surface area contributed by atoms with E-state index in [-0.39, 0.29) is 24.5 Å². The zero-order chi connectivity index (χ0) is 14.0. The van der Waals surface area contributed by atoms with Gasteiger partial charge < -0.3 is 15.1 Å². The first kappa shape index (κ1) is 14.3. The van der Waals surface area contributed by atoms with Crippen LogP contribution in [0.5, 0.6) is 0 Å². The maximum atomic E-state index is 12.6. The van der Waals surface area contributed by atoms with Crippen LogP contribution in [0.1, 0.15) is 39.0 Å². The molecule has 0 aromatic rings. The molecule has 2 aliphatic rings. The number of rotatable bonds is 3. The van der Waals surface area contributed by atoms with Gasteiger partial charge in [0.05, 0.1) is 24.5 Å². The van der Waals surface area contributed by atoms with Crippen molar-refractivity contribution < 1.29 is 19.8 Å². The molecule has 1 aliphatic heterocycles. The molecule has 0 aromatic heterocycles. The molecule has 1 saturated heterocycles. The third kappa shape index (κ3) is 2.91. The third-order valence-corrected chi connectivity index (χ3v) is 4.55. The van der Waals surface area contributed by atoms with Crippen molar-refractivity contribution in [3.63, 3.8) is 0 Å². The predicted octanol–water partition coefficient (Wildman–Crippen LogP) is 1.11. The molecule has 4 atom stereocenters.